The lowest BCUT2D eigenvalue weighted by Crippen LogP contribution is -2.36. The van der Waals surface area contributed by atoms with E-state index in [1.807, 2.05) is 30.1 Å². The number of nitrogens with zero attached hydrogens (tertiary/aromatic N) is 2. The van der Waals surface area contributed by atoms with Crippen LogP contribution in [0.15, 0.2) is 18.2 Å². The Kier molecular flexibility index (Phi) is 2.93. The molecule has 0 saturated heterocycles. The van der Waals surface area contributed by atoms with E-state index in [2.05, 4.69) is 11.9 Å². The number of rotatable bonds is 3. The molecule has 2 N–H and O–H groups in total. The highest BCUT2D eigenvalue weighted by Gasteiger charge is 2.32. The molecule has 100 valence electrons. The number of nitrogens with two attached hydrogens (primary N) is 1. The van der Waals surface area contributed by atoms with Gasteiger partial charge in [0.15, 0.2) is 5.13 Å². The quantitative estimate of drug-likeness (QED) is 0.937. The van der Waals surface area contributed by atoms with Crippen molar-refractivity contribution in [3.8, 4) is 0 Å². The molecule has 5 heteroatoms. The molecule has 19 heavy (non-hydrogen) atoms. The molecule has 0 radical (unpaired) electrons. The molecule has 1 heterocycles. The number of carbonyl (C=O) groups excluding carboxylic acids is 1. The molecule has 1 aliphatic carbocycles. The highest BCUT2D eigenvalue weighted by molar-refractivity contribution is 7.22. The van der Waals surface area contributed by atoms with Crippen molar-refractivity contribution in [1.29, 1.82) is 0 Å². The summed E-state index contributed by atoms with van der Waals surface area (Å²) in [6.07, 6.45) is 2.48. The predicted octanol–water partition coefficient (Wildman–Crippen LogP) is 2.75. The summed E-state index contributed by atoms with van der Waals surface area (Å²) in [6, 6.07) is 5.90. The zero-order valence-electron chi connectivity index (χ0n) is 11.1. The van der Waals surface area contributed by atoms with E-state index in [1.54, 1.807) is 0 Å². The summed E-state index contributed by atoms with van der Waals surface area (Å²) in [5.41, 5.74) is 7.26. The van der Waals surface area contributed by atoms with E-state index in [0.717, 1.165) is 10.2 Å². The van der Waals surface area contributed by atoms with E-state index in [9.17, 15) is 4.79 Å². The summed E-state index contributed by atoms with van der Waals surface area (Å²) < 4.78 is 0.968. The minimum absolute atomic E-state index is 0.0771. The van der Waals surface area contributed by atoms with Crippen LogP contribution in [0.4, 0.5) is 5.13 Å². The smallest absolute Gasteiger partial charge is 0.253 e. The Labute approximate surface area is 116 Å². The van der Waals surface area contributed by atoms with Gasteiger partial charge in [0.25, 0.3) is 5.91 Å². The maximum absolute atomic E-state index is 12.4. The van der Waals surface area contributed by atoms with Crippen LogP contribution in [0.25, 0.3) is 10.2 Å². The highest BCUT2D eigenvalue weighted by atomic mass is 32.1. The first-order valence-electron chi connectivity index (χ1n) is 6.49. The Morgan fingerprint density at radius 2 is 2.26 bits per heavy atom. The van der Waals surface area contributed by atoms with E-state index in [4.69, 9.17) is 5.73 Å². The summed E-state index contributed by atoms with van der Waals surface area (Å²) in [7, 11) is 1.89. The second-order valence-corrected chi connectivity index (χ2v) is 6.29. The van der Waals surface area contributed by atoms with Crippen molar-refractivity contribution in [2.24, 2.45) is 5.92 Å². The van der Waals surface area contributed by atoms with Crippen LogP contribution < -0.4 is 5.73 Å². The van der Waals surface area contributed by atoms with Crippen LogP contribution in [0.5, 0.6) is 0 Å². The van der Waals surface area contributed by atoms with Crippen LogP contribution in [-0.2, 0) is 0 Å². The third kappa shape index (κ3) is 2.30. The Morgan fingerprint density at radius 3 is 2.95 bits per heavy atom. The number of carbonyl (C=O) groups is 1. The minimum atomic E-state index is 0.0771. The van der Waals surface area contributed by atoms with E-state index < -0.39 is 0 Å². The van der Waals surface area contributed by atoms with Gasteiger partial charge >= 0.3 is 0 Å². The number of thiazole rings is 1. The van der Waals surface area contributed by atoms with E-state index >= 15 is 0 Å². The maximum Gasteiger partial charge on any atom is 0.253 e. The molecular formula is C14H17N3OS. The van der Waals surface area contributed by atoms with Gasteiger partial charge in [-0.05, 0) is 43.9 Å². The number of fused-ring (bicyclic) bond motifs is 1. The Bertz CT molecular complexity index is 633. The van der Waals surface area contributed by atoms with E-state index in [1.165, 1.54) is 24.2 Å². The lowest BCUT2D eigenvalue weighted by molar-refractivity contribution is 0.0727. The molecule has 2 aromatic rings. The first kappa shape index (κ1) is 12.4. The summed E-state index contributed by atoms with van der Waals surface area (Å²) in [5, 5.41) is 0.541. The Balaban J connectivity index is 1.87. The fourth-order valence-corrected chi connectivity index (χ4v) is 3.13. The van der Waals surface area contributed by atoms with Gasteiger partial charge in [0.05, 0.1) is 10.2 Å². The molecule has 0 spiro atoms. The third-order valence-corrected chi connectivity index (χ3v) is 4.73. The largest absolute Gasteiger partial charge is 0.375 e. The molecule has 3 rings (SSSR count). The van der Waals surface area contributed by atoms with Crippen molar-refractivity contribution < 1.29 is 4.79 Å². The van der Waals surface area contributed by atoms with Crippen LogP contribution in [0.1, 0.15) is 30.1 Å². The van der Waals surface area contributed by atoms with Crippen molar-refractivity contribution in [3.63, 3.8) is 0 Å². The average molecular weight is 275 g/mol. The van der Waals surface area contributed by atoms with Crippen LogP contribution in [0.3, 0.4) is 0 Å². The van der Waals surface area contributed by atoms with Crippen LogP contribution in [0, 0.1) is 5.92 Å². The lowest BCUT2D eigenvalue weighted by Gasteiger charge is -2.24. The molecule has 1 aliphatic rings. The molecule has 1 unspecified atom stereocenters. The molecular weight excluding hydrogens is 258 g/mol. The average Bonchev–Trinajstić information content (AvgIpc) is 3.17. The molecule has 1 aromatic carbocycles. The first-order valence-corrected chi connectivity index (χ1v) is 7.31. The zero-order chi connectivity index (χ0) is 13.6. The van der Waals surface area contributed by atoms with Crippen molar-refractivity contribution in [3.05, 3.63) is 23.8 Å². The number of aromatic nitrogens is 1. The van der Waals surface area contributed by atoms with Gasteiger partial charge in [-0.3, -0.25) is 4.79 Å². The second kappa shape index (κ2) is 4.49. The maximum atomic E-state index is 12.4. The van der Waals surface area contributed by atoms with Crippen LogP contribution >= 0.6 is 11.3 Å². The van der Waals surface area contributed by atoms with Gasteiger partial charge in [-0.2, -0.15) is 0 Å². The predicted molar refractivity (Wildman–Crippen MR) is 78.3 cm³/mol. The molecule has 1 aromatic heterocycles. The van der Waals surface area contributed by atoms with Crippen LogP contribution in [-0.4, -0.2) is 28.9 Å². The molecule has 1 atom stereocenters. The van der Waals surface area contributed by atoms with Crippen molar-refractivity contribution >= 4 is 32.6 Å². The molecule has 1 amide bonds. The van der Waals surface area contributed by atoms with E-state index in [-0.39, 0.29) is 5.91 Å². The monoisotopic (exact) mass is 275 g/mol. The van der Waals surface area contributed by atoms with Gasteiger partial charge in [0, 0.05) is 18.7 Å². The minimum Gasteiger partial charge on any atom is -0.375 e. The molecule has 1 saturated carbocycles. The summed E-state index contributed by atoms with van der Waals surface area (Å²) >= 11 is 1.42. The van der Waals surface area contributed by atoms with Gasteiger partial charge in [0.2, 0.25) is 0 Å². The number of nitrogen functional groups attached to an aromatic ring is 1. The van der Waals surface area contributed by atoms with E-state index in [0.29, 0.717) is 22.7 Å². The van der Waals surface area contributed by atoms with Crippen molar-refractivity contribution in [1.82, 2.24) is 9.88 Å². The fraction of sp³-hybridized carbons (Fsp3) is 0.429. The van der Waals surface area contributed by atoms with Crippen molar-refractivity contribution in [2.75, 3.05) is 12.8 Å². The van der Waals surface area contributed by atoms with Crippen LogP contribution in [0.2, 0.25) is 0 Å². The van der Waals surface area contributed by atoms with Gasteiger partial charge in [-0.1, -0.05) is 11.3 Å². The summed E-state index contributed by atoms with van der Waals surface area (Å²) in [4.78, 5) is 18.5. The Hall–Kier alpha value is -1.62. The standard InChI is InChI=1S/C14H17N3OS/c1-8(9-3-4-9)17(2)13(18)10-5-6-11-12(7-10)19-14(15)16-11/h5-9H,3-4H2,1-2H3,(H2,15,16). The molecule has 4 nitrogen and oxygen atoms in total. The van der Waals surface area contributed by atoms with Crippen molar-refractivity contribution in [2.45, 2.75) is 25.8 Å². The molecule has 0 bridgehead atoms. The SMILES string of the molecule is CC(C1CC1)N(C)C(=O)c1ccc2nc(N)sc2c1. The zero-order valence-corrected chi connectivity index (χ0v) is 11.9. The van der Waals surface area contributed by atoms with Gasteiger partial charge in [-0.15, -0.1) is 0 Å². The number of anilines is 1. The van der Waals surface area contributed by atoms with Gasteiger partial charge < -0.3 is 10.6 Å². The van der Waals surface area contributed by atoms with Gasteiger partial charge in [0.1, 0.15) is 0 Å². The topological polar surface area (TPSA) is 59.2 Å². The van der Waals surface area contributed by atoms with Gasteiger partial charge in [-0.25, -0.2) is 4.98 Å². The first-order chi connectivity index (χ1) is 9.06. The number of amides is 1. The molecule has 0 aliphatic heterocycles. The summed E-state index contributed by atoms with van der Waals surface area (Å²) in [5.74, 6) is 0.755. The number of hydrogen-bond donors (Lipinski definition) is 1. The Morgan fingerprint density at radius 1 is 1.53 bits per heavy atom. The number of benzene rings is 1. The lowest BCUT2D eigenvalue weighted by atomic mass is 10.1. The normalized spacial score (nSPS) is 16.5. The highest BCUT2D eigenvalue weighted by Crippen LogP contribution is 2.35. The number of hydrogen-bond acceptors (Lipinski definition) is 4. The second-order valence-electron chi connectivity index (χ2n) is 5.23. The summed E-state index contributed by atoms with van der Waals surface area (Å²) in [6.45, 7) is 2.12. The third-order valence-electron chi connectivity index (χ3n) is 3.89. The fourth-order valence-electron chi connectivity index (χ4n) is 2.36. The molecule has 1 fully saturated rings.